The fraction of sp³-hybridized carbons (Fsp3) is 0.684. The molecule has 0 bridgehead atoms. The summed E-state index contributed by atoms with van der Waals surface area (Å²) in [7, 11) is 0. The first-order valence-corrected chi connectivity index (χ1v) is 9.27. The van der Waals surface area contributed by atoms with E-state index in [4.69, 9.17) is 9.15 Å². The van der Waals surface area contributed by atoms with Crippen molar-refractivity contribution in [3.05, 3.63) is 24.2 Å². The molecule has 6 nitrogen and oxygen atoms in total. The summed E-state index contributed by atoms with van der Waals surface area (Å²) in [5.41, 5.74) is 0. The molecule has 1 aliphatic carbocycles. The SMILES string of the molecule is CC(C)N(CC(=O)N(Cc1ccco1)C[C@H]1CCCO1)C(=O)C1CC1. The summed E-state index contributed by atoms with van der Waals surface area (Å²) in [5.74, 6) is 0.927. The highest BCUT2D eigenvalue weighted by molar-refractivity contribution is 5.87. The highest BCUT2D eigenvalue weighted by atomic mass is 16.5. The van der Waals surface area contributed by atoms with Crippen LogP contribution in [0.1, 0.15) is 45.3 Å². The highest BCUT2D eigenvalue weighted by Gasteiger charge is 2.36. The van der Waals surface area contributed by atoms with E-state index in [1.54, 1.807) is 16.1 Å². The van der Waals surface area contributed by atoms with E-state index in [1.165, 1.54) is 0 Å². The molecule has 1 aromatic heterocycles. The molecule has 25 heavy (non-hydrogen) atoms. The van der Waals surface area contributed by atoms with Crippen LogP contribution in [0.5, 0.6) is 0 Å². The molecule has 2 amide bonds. The van der Waals surface area contributed by atoms with Crippen molar-refractivity contribution in [2.75, 3.05) is 19.7 Å². The van der Waals surface area contributed by atoms with Crippen LogP contribution < -0.4 is 0 Å². The topological polar surface area (TPSA) is 63.0 Å². The molecule has 6 heteroatoms. The molecule has 0 spiro atoms. The molecule has 0 N–H and O–H groups in total. The van der Waals surface area contributed by atoms with Crippen LogP contribution in [0.4, 0.5) is 0 Å². The number of amides is 2. The summed E-state index contributed by atoms with van der Waals surface area (Å²) < 4.78 is 11.1. The Balaban J connectivity index is 1.66. The number of carbonyl (C=O) groups excluding carboxylic acids is 2. The maximum atomic E-state index is 13.0. The number of furan rings is 1. The van der Waals surface area contributed by atoms with E-state index in [-0.39, 0.29) is 36.4 Å². The second kappa shape index (κ2) is 8.04. The lowest BCUT2D eigenvalue weighted by atomic mass is 10.2. The first-order chi connectivity index (χ1) is 12.0. The zero-order chi connectivity index (χ0) is 17.8. The van der Waals surface area contributed by atoms with Crippen LogP contribution in [0.15, 0.2) is 22.8 Å². The monoisotopic (exact) mass is 348 g/mol. The molecule has 138 valence electrons. The van der Waals surface area contributed by atoms with Gasteiger partial charge in [-0.3, -0.25) is 9.59 Å². The summed E-state index contributed by atoms with van der Waals surface area (Å²) in [6, 6.07) is 3.71. The highest BCUT2D eigenvalue weighted by Crippen LogP contribution is 2.31. The predicted octanol–water partition coefficient (Wildman–Crippen LogP) is 2.43. The molecule has 1 saturated heterocycles. The van der Waals surface area contributed by atoms with Crippen LogP contribution in [0.2, 0.25) is 0 Å². The summed E-state index contributed by atoms with van der Waals surface area (Å²) >= 11 is 0. The summed E-state index contributed by atoms with van der Waals surface area (Å²) in [5, 5.41) is 0. The van der Waals surface area contributed by atoms with Crippen molar-refractivity contribution in [2.24, 2.45) is 5.92 Å². The van der Waals surface area contributed by atoms with Crippen LogP contribution in [0.25, 0.3) is 0 Å². The van der Waals surface area contributed by atoms with Crippen LogP contribution in [-0.4, -0.2) is 53.5 Å². The standard InChI is InChI=1S/C19H28N2O4/c1-14(2)21(19(23)15-7-8-15)13-18(22)20(11-16-5-3-9-24-16)12-17-6-4-10-25-17/h3,5,9,14-15,17H,4,6-8,10-13H2,1-2H3/t17-/m1/s1. The average Bonchev–Trinajstić information content (AvgIpc) is 3.06. The molecule has 1 saturated carbocycles. The van der Waals surface area contributed by atoms with Gasteiger partial charge in [-0.1, -0.05) is 0 Å². The number of hydrogen-bond donors (Lipinski definition) is 0. The Kier molecular flexibility index (Phi) is 5.78. The molecule has 2 fully saturated rings. The van der Waals surface area contributed by atoms with Crippen molar-refractivity contribution in [3.8, 4) is 0 Å². The summed E-state index contributed by atoms with van der Waals surface area (Å²) in [6.07, 6.45) is 5.58. The Labute approximate surface area is 149 Å². The van der Waals surface area contributed by atoms with Crippen LogP contribution in [0.3, 0.4) is 0 Å². The number of carbonyl (C=O) groups is 2. The number of rotatable bonds is 8. The first kappa shape index (κ1) is 18.0. The third-order valence-electron chi connectivity index (χ3n) is 4.87. The number of ether oxygens (including phenoxy) is 1. The van der Waals surface area contributed by atoms with Gasteiger partial charge in [0.15, 0.2) is 0 Å². The minimum Gasteiger partial charge on any atom is -0.467 e. The Bertz CT molecular complexity index is 574. The predicted molar refractivity (Wildman–Crippen MR) is 92.7 cm³/mol. The van der Waals surface area contributed by atoms with Crippen LogP contribution in [0, 0.1) is 5.92 Å². The van der Waals surface area contributed by atoms with Gasteiger partial charge >= 0.3 is 0 Å². The fourth-order valence-corrected chi connectivity index (χ4v) is 3.20. The van der Waals surface area contributed by atoms with Gasteiger partial charge in [-0.2, -0.15) is 0 Å². The summed E-state index contributed by atoms with van der Waals surface area (Å²) in [6.45, 7) is 5.76. The van der Waals surface area contributed by atoms with Gasteiger partial charge in [0.25, 0.3) is 0 Å². The molecular formula is C19H28N2O4. The molecular weight excluding hydrogens is 320 g/mol. The van der Waals surface area contributed by atoms with Crippen LogP contribution in [-0.2, 0) is 20.9 Å². The van der Waals surface area contributed by atoms with E-state index in [9.17, 15) is 9.59 Å². The van der Waals surface area contributed by atoms with Gasteiger partial charge in [0, 0.05) is 25.1 Å². The fourth-order valence-electron chi connectivity index (χ4n) is 3.20. The van der Waals surface area contributed by atoms with Crippen LogP contribution >= 0.6 is 0 Å². The molecule has 1 atom stereocenters. The van der Waals surface area contributed by atoms with Gasteiger partial charge in [0.2, 0.25) is 11.8 Å². The lowest BCUT2D eigenvalue weighted by Crippen LogP contribution is -2.47. The molecule has 2 aliphatic rings. The van der Waals surface area contributed by atoms with Crippen molar-refractivity contribution in [2.45, 2.75) is 58.2 Å². The third-order valence-corrected chi connectivity index (χ3v) is 4.87. The molecule has 1 aromatic rings. The van der Waals surface area contributed by atoms with E-state index in [2.05, 4.69) is 0 Å². The maximum Gasteiger partial charge on any atom is 0.242 e. The minimum absolute atomic E-state index is 0.0187. The number of nitrogens with zero attached hydrogens (tertiary/aromatic N) is 2. The van der Waals surface area contributed by atoms with E-state index in [1.807, 2.05) is 26.0 Å². The van der Waals surface area contributed by atoms with Gasteiger partial charge in [-0.05, 0) is 51.7 Å². The second-order valence-electron chi connectivity index (χ2n) is 7.32. The molecule has 3 rings (SSSR count). The van der Waals surface area contributed by atoms with Crippen molar-refractivity contribution >= 4 is 11.8 Å². The second-order valence-corrected chi connectivity index (χ2v) is 7.32. The zero-order valence-corrected chi connectivity index (χ0v) is 15.1. The molecule has 2 heterocycles. The van der Waals surface area contributed by atoms with E-state index in [0.29, 0.717) is 13.1 Å². The molecule has 0 unspecified atom stereocenters. The molecule has 1 aliphatic heterocycles. The zero-order valence-electron chi connectivity index (χ0n) is 15.1. The van der Waals surface area contributed by atoms with E-state index in [0.717, 1.165) is 38.1 Å². The normalized spacial score (nSPS) is 20.0. The van der Waals surface area contributed by atoms with Gasteiger partial charge in [-0.25, -0.2) is 0 Å². The van der Waals surface area contributed by atoms with Crippen molar-refractivity contribution in [1.82, 2.24) is 9.80 Å². The van der Waals surface area contributed by atoms with E-state index < -0.39 is 0 Å². The third kappa shape index (κ3) is 4.84. The lowest BCUT2D eigenvalue weighted by Gasteiger charge is -2.31. The number of hydrogen-bond acceptors (Lipinski definition) is 4. The largest absolute Gasteiger partial charge is 0.467 e. The molecule has 0 radical (unpaired) electrons. The Morgan fingerprint density at radius 3 is 2.64 bits per heavy atom. The van der Waals surface area contributed by atoms with Gasteiger partial charge in [0.05, 0.1) is 18.9 Å². The van der Waals surface area contributed by atoms with Gasteiger partial charge in [0.1, 0.15) is 12.3 Å². The van der Waals surface area contributed by atoms with Gasteiger partial charge < -0.3 is 19.0 Å². The first-order valence-electron chi connectivity index (χ1n) is 9.27. The van der Waals surface area contributed by atoms with Crippen molar-refractivity contribution in [1.29, 1.82) is 0 Å². The maximum absolute atomic E-state index is 13.0. The molecule has 0 aromatic carbocycles. The van der Waals surface area contributed by atoms with Crippen molar-refractivity contribution < 1.29 is 18.7 Å². The minimum atomic E-state index is -0.0467. The lowest BCUT2D eigenvalue weighted by molar-refractivity contribution is -0.144. The Morgan fingerprint density at radius 1 is 1.28 bits per heavy atom. The smallest absolute Gasteiger partial charge is 0.242 e. The Hall–Kier alpha value is -1.82. The van der Waals surface area contributed by atoms with Crippen molar-refractivity contribution in [3.63, 3.8) is 0 Å². The Morgan fingerprint density at radius 2 is 2.08 bits per heavy atom. The van der Waals surface area contributed by atoms with E-state index >= 15 is 0 Å². The quantitative estimate of drug-likeness (QED) is 0.724. The average molecular weight is 348 g/mol. The summed E-state index contributed by atoms with van der Waals surface area (Å²) in [4.78, 5) is 28.9. The van der Waals surface area contributed by atoms with Gasteiger partial charge in [-0.15, -0.1) is 0 Å².